The van der Waals surface area contributed by atoms with Crippen LogP contribution in [0.15, 0.2) is 12.1 Å². The van der Waals surface area contributed by atoms with Crippen LogP contribution in [0.2, 0.25) is 0 Å². The fourth-order valence-electron chi connectivity index (χ4n) is 2.02. The zero-order chi connectivity index (χ0) is 12.1. The normalized spacial score (nSPS) is 15.2. The number of anilines is 3. The summed E-state index contributed by atoms with van der Waals surface area (Å²) in [5, 5.41) is 3.21. The number of nitrogens with two attached hydrogens (primary N) is 1. The second-order valence-electron chi connectivity index (χ2n) is 4.26. The average molecular weight is 236 g/mol. The lowest BCUT2D eigenvalue weighted by Crippen LogP contribution is -2.20. The molecule has 0 radical (unpaired) electrons. The molecule has 1 aliphatic rings. The van der Waals surface area contributed by atoms with Gasteiger partial charge < -0.3 is 20.7 Å². The molecule has 94 valence electrons. The summed E-state index contributed by atoms with van der Waals surface area (Å²) in [6, 6.07) is 3.79. The van der Waals surface area contributed by atoms with Gasteiger partial charge in [-0.2, -0.15) is 0 Å². The highest BCUT2D eigenvalue weighted by molar-refractivity contribution is 5.59. The van der Waals surface area contributed by atoms with Crippen LogP contribution in [0, 0.1) is 0 Å². The molecule has 1 saturated heterocycles. The van der Waals surface area contributed by atoms with E-state index in [1.165, 1.54) is 12.8 Å². The first-order chi connectivity index (χ1) is 8.29. The van der Waals surface area contributed by atoms with Crippen LogP contribution in [0.5, 0.6) is 0 Å². The van der Waals surface area contributed by atoms with Crippen molar-refractivity contribution in [3.8, 4) is 0 Å². The maximum atomic E-state index is 5.89. The summed E-state index contributed by atoms with van der Waals surface area (Å²) in [5.74, 6) is 1.80. The molecule has 0 aromatic carbocycles. The van der Waals surface area contributed by atoms with E-state index in [9.17, 15) is 0 Å². The number of methoxy groups -OCH3 is 1. The van der Waals surface area contributed by atoms with Crippen molar-refractivity contribution in [3.63, 3.8) is 0 Å². The van der Waals surface area contributed by atoms with E-state index in [2.05, 4.69) is 15.2 Å². The van der Waals surface area contributed by atoms with E-state index in [0.717, 1.165) is 37.0 Å². The average Bonchev–Trinajstić information content (AvgIpc) is 2.82. The molecular formula is C12H20N4O. The van der Waals surface area contributed by atoms with E-state index in [-0.39, 0.29) is 0 Å². The largest absolute Gasteiger partial charge is 0.399 e. The van der Waals surface area contributed by atoms with Crippen LogP contribution in [0.25, 0.3) is 0 Å². The van der Waals surface area contributed by atoms with Crippen molar-refractivity contribution in [3.05, 3.63) is 12.1 Å². The Kier molecular flexibility index (Phi) is 4.03. The van der Waals surface area contributed by atoms with Crippen molar-refractivity contribution >= 4 is 17.3 Å². The first-order valence-corrected chi connectivity index (χ1v) is 6.05. The van der Waals surface area contributed by atoms with Crippen LogP contribution in [0.1, 0.15) is 12.8 Å². The molecule has 17 heavy (non-hydrogen) atoms. The van der Waals surface area contributed by atoms with Crippen molar-refractivity contribution in [2.75, 3.05) is 49.3 Å². The van der Waals surface area contributed by atoms with Crippen LogP contribution in [0.3, 0.4) is 0 Å². The van der Waals surface area contributed by atoms with E-state index in [1.54, 1.807) is 7.11 Å². The van der Waals surface area contributed by atoms with Crippen molar-refractivity contribution in [1.82, 2.24) is 4.98 Å². The summed E-state index contributed by atoms with van der Waals surface area (Å²) in [5.41, 5.74) is 6.65. The van der Waals surface area contributed by atoms with Crippen molar-refractivity contribution in [2.45, 2.75) is 12.8 Å². The quantitative estimate of drug-likeness (QED) is 0.755. The number of aromatic nitrogens is 1. The van der Waals surface area contributed by atoms with Gasteiger partial charge in [-0.3, -0.25) is 0 Å². The Hall–Kier alpha value is -1.49. The second kappa shape index (κ2) is 5.72. The highest BCUT2D eigenvalue weighted by Gasteiger charge is 2.14. The molecule has 2 rings (SSSR count). The predicted octanol–water partition coefficient (Wildman–Crippen LogP) is 1.32. The summed E-state index contributed by atoms with van der Waals surface area (Å²) in [6.07, 6.45) is 2.48. The molecule has 0 spiro atoms. The van der Waals surface area contributed by atoms with Gasteiger partial charge in [0.2, 0.25) is 0 Å². The van der Waals surface area contributed by atoms with Gasteiger partial charge in [-0.15, -0.1) is 0 Å². The molecule has 5 heteroatoms. The van der Waals surface area contributed by atoms with Gasteiger partial charge in [-0.25, -0.2) is 4.98 Å². The van der Waals surface area contributed by atoms with Gasteiger partial charge in [-0.1, -0.05) is 0 Å². The number of nitrogens with one attached hydrogen (secondary N) is 1. The van der Waals surface area contributed by atoms with Gasteiger partial charge in [-0.05, 0) is 12.8 Å². The SMILES string of the molecule is COCCNc1cc(N)cc(N2CCCC2)n1. The maximum Gasteiger partial charge on any atom is 0.133 e. The molecule has 1 aromatic rings. The molecule has 2 heterocycles. The highest BCUT2D eigenvalue weighted by atomic mass is 16.5. The van der Waals surface area contributed by atoms with Crippen molar-refractivity contribution < 1.29 is 4.74 Å². The zero-order valence-corrected chi connectivity index (χ0v) is 10.3. The fraction of sp³-hybridized carbons (Fsp3) is 0.583. The van der Waals surface area contributed by atoms with Gasteiger partial charge in [0, 0.05) is 44.6 Å². The lowest BCUT2D eigenvalue weighted by atomic mass is 10.3. The van der Waals surface area contributed by atoms with Crippen LogP contribution in [-0.2, 0) is 4.74 Å². The molecule has 0 aliphatic carbocycles. The van der Waals surface area contributed by atoms with Gasteiger partial charge in [0.05, 0.1) is 6.61 Å². The van der Waals surface area contributed by atoms with E-state index in [4.69, 9.17) is 10.5 Å². The molecular weight excluding hydrogens is 216 g/mol. The third-order valence-corrected chi connectivity index (χ3v) is 2.88. The van der Waals surface area contributed by atoms with E-state index >= 15 is 0 Å². The van der Waals surface area contributed by atoms with Gasteiger partial charge in [0.1, 0.15) is 11.6 Å². The molecule has 1 aliphatic heterocycles. The van der Waals surface area contributed by atoms with Gasteiger partial charge in [0.15, 0.2) is 0 Å². The maximum absolute atomic E-state index is 5.89. The number of ether oxygens (including phenoxy) is 1. The Labute approximate surface area is 102 Å². The number of hydrogen-bond donors (Lipinski definition) is 2. The number of pyridine rings is 1. The Balaban J connectivity index is 2.05. The van der Waals surface area contributed by atoms with Crippen LogP contribution < -0.4 is 16.0 Å². The third-order valence-electron chi connectivity index (χ3n) is 2.88. The minimum Gasteiger partial charge on any atom is -0.399 e. The predicted molar refractivity (Wildman–Crippen MR) is 70.5 cm³/mol. The molecule has 0 atom stereocenters. The molecule has 0 unspecified atom stereocenters. The van der Waals surface area contributed by atoms with Gasteiger partial charge >= 0.3 is 0 Å². The molecule has 3 N–H and O–H groups in total. The first-order valence-electron chi connectivity index (χ1n) is 6.05. The number of nitrogens with zero attached hydrogens (tertiary/aromatic N) is 2. The van der Waals surface area contributed by atoms with Crippen molar-refractivity contribution in [2.24, 2.45) is 0 Å². The van der Waals surface area contributed by atoms with E-state index in [1.807, 2.05) is 12.1 Å². The van der Waals surface area contributed by atoms with E-state index in [0.29, 0.717) is 6.61 Å². The number of hydrogen-bond acceptors (Lipinski definition) is 5. The van der Waals surface area contributed by atoms with Gasteiger partial charge in [0.25, 0.3) is 0 Å². The summed E-state index contributed by atoms with van der Waals surface area (Å²) in [4.78, 5) is 6.84. The molecule has 1 aromatic heterocycles. The monoisotopic (exact) mass is 236 g/mol. The second-order valence-corrected chi connectivity index (χ2v) is 4.26. The third kappa shape index (κ3) is 3.23. The standard InChI is InChI=1S/C12H20N4O/c1-17-7-4-14-11-8-10(13)9-12(15-11)16-5-2-3-6-16/h8-9H,2-7H2,1H3,(H3,13,14,15). The highest BCUT2D eigenvalue weighted by Crippen LogP contribution is 2.22. The summed E-state index contributed by atoms with van der Waals surface area (Å²) >= 11 is 0. The molecule has 0 saturated carbocycles. The summed E-state index contributed by atoms with van der Waals surface area (Å²) in [6.45, 7) is 3.56. The number of rotatable bonds is 5. The lowest BCUT2D eigenvalue weighted by Gasteiger charge is -2.18. The molecule has 0 amide bonds. The van der Waals surface area contributed by atoms with Crippen LogP contribution in [-0.4, -0.2) is 38.3 Å². The number of nitrogen functional groups attached to an aromatic ring is 1. The van der Waals surface area contributed by atoms with Crippen LogP contribution >= 0.6 is 0 Å². The van der Waals surface area contributed by atoms with Crippen molar-refractivity contribution in [1.29, 1.82) is 0 Å². The smallest absolute Gasteiger partial charge is 0.133 e. The summed E-state index contributed by atoms with van der Waals surface area (Å²) in [7, 11) is 1.68. The molecule has 5 nitrogen and oxygen atoms in total. The Morgan fingerprint density at radius 2 is 2.18 bits per heavy atom. The Bertz CT molecular complexity index is 364. The molecule has 1 fully saturated rings. The fourth-order valence-corrected chi connectivity index (χ4v) is 2.02. The summed E-state index contributed by atoms with van der Waals surface area (Å²) < 4.78 is 4.99. The van der Waals surface area contributed by atoms with Crippen LogP contribution in [0.4, 0.5) is 17.3 Å². The minimum absolute atomic E-state index is 0.662. The lowest BCUT2D eigenvalue weighted by molar-refractivity contribution is 0.210. The zero-order valence-electron chi connectivity index (χ0n) is 10.3. The first kappa shape index (κ1) is 12.0. The van der Waals surface area contributed by atoms with E-state index < -0.39 is 0 Å². The Morgan fingerprint density at radius 1 is 1.41 bits per heavy atom. The topological polar surface area (TPSA) is 63.4 Å². The molecule has 0 bridgehead atoms. The Morgan fingerprint density at radius 3 is 2.88 bits per heavy atom. The minimum atomic E-state index is 0.662.